The molecule has 42 heavy (non-hydrogen) atoms. The van der Waals surface area contributed by atoms with Crippen molar-refractivity contribution in [2.75, 3.05) is 43.1 Å². The summed E-state index contributed by atoms with van der Waals surface area (Å²) >= 11 is 0.822. The maximum atomic E-state index is 13.3. The lowest BCUT2D eigenvalue weighted by Gasteiger charge is -2.28. The zero-order chi connectivity index (χ0) is 28.9. The number of benzene rings is 4. The standard InChI is InChI=1S/C33H29N3O5S/c37-31(34-25-11-13-26(14-12-25)35-16-18-40-19-17-35)21-36-32(38)30(42-33(36)39)20-28-27-9-5-4-8-24(27)10-15-29(28)41-22-23-6-2-1-3-7-23/h1-15,20H,16-19,21-22H2,(H,34,37)/b30-20+. The maximum absolute atomic E-state index is 13.3. The highest BCUT2D eigenvalue weighted by molar-refractivity contribution is 8.18. The van der Waals surface area contributed by atoms with Gasteiger partial charge in [0, 0.05) is 30.0 Å². The Morgan fingerprint density at radius 3 is 2.43 bits per heavy atom. The summed E-state index contributed by atoms with van der Waals surface area (Å²) in [4.78, 5) is 42.4. The molecule has 1 N–H and O–H groups in total. The van der Waals surface area contributed by atoms with Gasteiger partial charge in [0.25, 0.3) is 11.1 Å². The molecule has 4 aromatic carbocycles. The SMILES string of the molecule is O=C(CN1C(=O)S/C(=C/c2c(OCc3ccccc3)ccc3ccccc23)C1=O)Nc1ccc(N2CCOCC2)cc1. The summed E-state index contributed by atoms with van der Waals surface area (Å²) in [6, 6.07) is 29.0. The first-order chi connectivity index (χ1) is 20.5. The number of fused-ring (bicyclic) bond motifs is 1. The lowest BCUT2D eigenvalue weighted by Crippen LogP contribution is -2.36. The van der Waals surface area contributed by atoms with Crippen LogP contribution < -0.4 is 15.0 Å². The van der Waals surface area contributed by atoms with Crippen LogP contribution in [0, 0.1) is 0 Å². The minimum Gasteiger partial charge on any atom is -0.488 e. The molecule has 8 nitrogen and oxygen atoms in total. The molecule has 0 bridgehead atoms. The number of hydrogen-bond donors (Lipinski definition) is 1. The average Bonchev–Trinajstić information content (AvgIpc) is 3.29. The molecule has 2 fully saturated rings. The fraction of sp³-hybridized carbons (Fsp3) is 0.182. The van der Waals surface area contributed by atoms with E-state index in [1.54, 1.807) is 6.08 Å². The summed E-state index contributed by atoms with van der Waals surface area (Å²) in [6.07, 6.45) is 1.69. The summed E-state index contributed by atoms with van der Waals surface area (Å²) in [7, 11) is 0. The van der Waals surface area contributed by atoms with Crippen molar-refractivity contribution in [1.29, 1.82) is 0 Å². The highest BCUT2D eigenvalue weighted by atomic mass is 32.2. The van der Waals surface area contributed by atoms with Crippen LogP contribution in [0.15, 0.2) is 95.9 Å². The number of hydrogen-bond acceptors (Lipinski definition) is 7. The van der Waals surface area contributed by atoms with E-state index in [1.165, 1.54) is 0 Å². The predicted octanol–water partition coefficient (Wildman–Crippen LogP) is 5.93. The molecule has 2 aliphatic rings. The first-order valence-corrected chi connectivity index (χ1v) is 14.5. The van der Waals surface area contributed by atoms with Crippen molar-refractivity contribution in [3.63, 3.8) is 0 Å². The number of carbonyl (C=O) groups excluding carboxylic acids is 3. The van der Waals surface area contributed by atoms with Crippen LogP contribution in [-0.4, -0.2) is 54.8 Å². The molecule has 0 unspecified atom stereocenters. The van der Waals surface area contributed by atoms with Crippen LogP contribution >= 0.6 is 11.8 Å². The van der Waals surface area contributed by atoms with Gasteiger partial charge in [-0.1, -0.05) is 60.7 Å². The van der Waals surface area contributed by atoms with Gasteiger partial charge in [-0.05, 0) is 64.5 Å². The van der Waals surface area contributed by atoms with Gasteiger partial charge in [-0.15, -0.1) is 0 Å². The molecule has 0 atom stereocenters. The Labute approximate surface area is 247 Å². The average molecular weight is 580 g/mol. The van der Waals surface area contributed by atoms with Crippen molar-refractivity contribution in [3.8, 4) is 5.75 Å². The lowest BCUT2D eigenvalue weighted by atomic mass is 10.0. The van der Waals surface area contributed by atoms with Crippen LogP contribution in [0.25, 0.3) is 16.8 Å². The van der Waals surface area contributed by atoms with E-state index >= 15 is 0 Å². The molecule has 212 valence electrons. The molecule has 0 saturated carbocycles. The highest BCUT2D eigenvalue weighted by Crippen LogP contribution is 2.37. The zero-order valence-electron chi connectivity index (χ0n) is 22.8. The summed E-state index contributed by atoms with van der Waals surface area (Å²) < 4.78 is 11.6. The maximum Gasteiger partial charge on any atom is 0.294 e. The van der Waals surface area contributed by atoms with E-state index in [0.29, 0.717) is 36.8 Å². The quantitative estimate of drug-likeness (QED) is 0.259. The first-order valence-electron chi connectivity index (χ1n) is 13.7. The number of rotatable bonds is 8. The van der Waals surface area contributed by atoms with Gasteiger partial charge in [-0.25, -0.2) is 0 Å². The number of amides is 3. The summed E-state index contributed by atoms with van der Waals surface area (Å²) in [5.41, 5.74) is 3.36. The fourth-order valence-electron chi connectivity index (χ4n) is 4.97. The monoisotopic (exact) mass is 579 g/mol. The van der Waals surface area contributed by atoms with Crippen molar-refractivity contribution in [2.24, 2.45) is 0 Å². The van der Waals surface area contributed by atoms with E-state index in [2.05, 4.69) is 10.2 Å². The Hall–Kier alpha value is -4.60. The van der Waals surface area contributed by atoms with E-state index < -0.39 is 17.1 Å². The molecule has 4 aromatic rings. The molecule has 6 rings (SSSR count). The van der Waals surface area contributed by atoms with Crippen molar-refractivity contribution in [3.05, 3.63) is 107 Å². The van der Waals surface area contributed by atoms with Crippen molar-refractivity contribution < 1.29 is 23.9 Å². The number of nitrogens with zero attached hydrogens (tertiary/aromatic N) is 2. The van der Waals surface area contributed by atoms with Gasteiger partial charge in [-0.2, -0.15) is 0 Å². The van der Waals surface area contributed by atoms with Gasteiger partial charge in [0.2, 0.25) is 5.91 Å². The van der Waals surface area contributed by atoms with Crippen molar-refractivity contribution in [1.82, 2.24) is 4.90 Å². The first kappa shape index (κ1) is 27.6. The van der Waals surface area contributed by atoms with Gasteiger partial charge in [0.05, 0.1) is 18.1 Å². The topological polar surface area (TPSA) is 88.2 Å². The molecule has 2 saturated heterocycles. The summed E-state index contributed by atoms with van der Waals surface area (Å²) in [5, 5.41) is 4.18. The molecule has 3 amide bonds. The molecular formula is C33H29N3O5S. The Morgan fingerprint density at radius 2 is 1.64 bits per heavy atom. The van der Waals surface area contributed by atoms with E-state index in [4.69, 9.17) is 9.47 Å². The molecule has 2 heterocycles. The van der Waals surface area contributed by atoms with Crippen LogP contribution in [-0.2, 0) is 20.9 Å². The van der Waals surface area contributed by atoms with E-state index in [1.807, 2.05) is 91.0 Å². The lowest BCUT2D eigenvalue weighted by molar-refractivity contribution is -0.127. The highest BCUT2D eigenvalue weighted by Gasteiger charge is 2.36. The van der Waals surface area contributed by atoms with Gasteiger partial charge >= 0.3 is 0 Å². The van der Waals surface area contributed by atoms with Gasteiger partial charge in [0.15, 0.2) is 0 Å². The van der Waals surface area contributed by atoms with Gasteiger partial charge in [0.1, 0.15) is 18.9 Å². The largest absolute Gasteiger partial charge is 0.488 e. The molecule has 9 heteroatoms. The van der Waals surface area contributed by atoms with Crippen LogP contribution in [0.5, 0.6) is 5.75 Å². The second kappa shape index (κ2) is 12.5. The number of ether oxygens (including phenoxy) is 2. The van der Waals surface area contributed by atoms with E-state index in [0.717, 1.165) is 51.8 Å². The Morgan fingerprint density at radius 1 is 0.905 bits per heavy atom. The third-order valence-electron chi connectivity index (χ3n) is 7.15. The fourth-order valence-corrected chi connectivity index (χ4v) is 5.79. The molecule has 0 spiro atoms. The predicted molar refractivity (Wildman–Crippen MR) is 166 cm³/mol. The second-order valence-electron chi connectivity index (χ2n) is 9.94. The van der Waals surface area contributed by atoms with Crippen molar-refractivity contribution >= 4 is 57.0 Å². The van der Waals surface area contributed by atoms with E-state index in [9.17, 15) is 14.4 Å². The number of anilines is 2. The molecular weight excluding hydrogens is 550 g/mol. The molecule has 0 aromatic heterocycles. The molecule has 0 radical (unpaired) electrons. The zero-order valence-corrected chi connectivity index (χ0v) is 23.6. The number of nitrogens with one attached hydrogen (secondary N) is 1. The second-order valence-corrected chi connectivity index (χ2v) is 10.9. The third kappa shape index (κ3) is 6.17. The number of carbonyl (C=O) groups is 3. The Kier molecular flexibility index (Phi) is 8.21. The summed E-state index contributed by atoms with van der Waals surface area (Å²) in [5.74, 6) is -0.359. The normalized spacial score (nSPS) is 16.3. The van der Waals surface area contributed by atoms with Gasteiger partial charge in [-0.3, -0.25) is 19.3 Å². The van der Waals surface area contributed by atoms with Crippen LogP contribution in [0.3, 0.4) is 0 Å². The number of thioether (sulfide) groups is 1. The summed E-state index contributed by atoms with van der Waals surface area (Å²) in [6.45, 7) is 2.99. The third-order valence-corrected chi connectivity index (χ3v) is 8.05. The van der Waals surface area contributed by atoms with Gasteiger partial charge < -0.3 is 19.7 Å². The van der Waals surface area contributed by atoms with Crippen LogP contribution in [0.4, 0.5) is 16.2 Å². The minimum atomic E-state index is -0.509. The number of morpholine rings is 1. The Balaban J connectivity index is 1.17. The molecule has 2 aliphatic heterocycles. The van der Waals surface area contributed by atoms with Crippen LogP contribution in [0.2, 0.25) is 0 Å². The molecule has 0 aliphatic carbocycles. The minimum absolute atomic E-state index is 0.239. The number of imide groups is 1. The van der Waals surface area contributed by atoms with E-state index in [-0.39, 0.29) is 11.4 Å². The smallest absolute Gasteiger partial charge is 0.294 e. The van der Waals surface area contributed by atoms with Crippen LogP contribution in [0.1, 0.15) is 11.1 Å². The van der Waals surface area contributed by atoms with Crippen molar-refractivity contribution in [2.45, 2.75) is 6.61 Å². The Bertz CT molecular complexity index is 1650.